The Morgan fingerprint density at radius 3 is 2.60 bits per heavy atom. The van der Waals surface area contributed by atoms with Gasteiger partial charge in [-0.1, -0.05) is 21.9 Å². The van der Waals surface area contributed by atoms with Crippen molar-refractivity contribution in [2.45, 2.75) is 44.1 Å². The average Bonchev–Trinajstić information content (AvgIpc) is 2.17. The number of hydrogen-bond donors (Lipinski definition) is 1. The molecule has 4 heteroatoms. The maximum absolute atomic E-state index is 13.5. The summed E-state index contributed by atoms with van der Waals surface area (Å²) in [4.78, 5) is 0. The minimum Gasteiger partial charge on any atom is -0.315 e. The molecule has 0 spiro atoms. The van der Waals surface area contributed by atoms with Gasteiger partial charge >= 0.3 is 0 Å². The van der Waals surface area contributed by atoms with Crippen molar-refractivity contribution in [3.05, 3.63) is 24.4 Å². The Kier molecular flexibility index (Phi) is 4.30. The molecule has 1 aliphatic rings. The highest BCUT2D eigenvalue weighted by Gasteiger charge is 2.32. The Bertz CT molecular complexity index is 253. The van der Waals surface area contributed by atoms with Crippen molar-refractivity contribution >= 4 is 9.24 Å². The molecular formula is C11H20FN2P. The van der Waals surface area contributed by atoms with E-state index in [2.05, 4.69) is 15.8 Å². The summed E-state index contributed by atoms with van der Waals surface area (Å²) in [5.74, 6) is 5.89. The van der Waals surface area contributed by atoms with Gasteiger partial charge in [-0.15, -0.1) is 0 Å². The SMILES string of the molecule is C=C/C(C)=C\N(N)C1CCC(F)(P)CC1. The number of nitrogens with two attached hydrogens (primary N) is 1. The highest BCUT2D eigenvalue weighted by atomic mass is 31.0. The van der Waals surface area contributed by atoms with Gasteiger partial charge < -0.3 is 5.01 Å². The first-order valence-corrected chi connectivity index (χ1v) is 5.84. The Morgan fingerprint density at radius 1 is 1.60 bits per heavy atom. The minimum absolute atomic E-state index is 0.254. The third kappa shape index (κ3) is 3.92. The monoisotopic (exact) mass is 230 g/mol. The van der Waals surface area contributed by atoms with Gasteiger partial charge in [-0.3, -0.25) is 0 Å². The molecule has 0 aromatic carbocycles. The molecule has 1 aliphatic carbocycles. The standard InChI is InChI=1S/C11H20FN2P/c1-3-9(2)8-14(13)10-4-6-11(12,15)7-5-10/h3,8,10H,1,4-7,13,15H2,2H3/b9-8-. The lowest BCUT2D eigenvalue weighted by Gasteiger charge is -2.35. The summed E-state index contributed by atoms with van der Waals surface area (Å²) < 4.78 is 13.5. The highest BCUT2D eigenvalue weighted by molar-refractivity contribution is 7.18. The van der Waals surface area contributed by atoms with E-state index >= 15 is 0 Å². The molecule has 0 aromatic rings. The van der Waals surface area contributed by atoms with Crippen LogP contribution in [0.2, 0.25) is 0 Å². The van der Waals surface area contributed by atoms with Gasteiger partial charge in [-0.25, -0.2) is 10.2 Å². The molecule has 0 radical (unpaired) electrons. The van der Waals surface area contributed by atoms with Crippen LogP contribution < -0.4 is 5.84 Å². The van der Waals surface area contributed by atoms with Gasteiger partial charge in [-0.05, 0) is 38.2 Å². The van der Waals surface area contributed by atoms with Crippen molar-refractivity contribution in [1.82, 2.24) is 5.01 Å². The Morgan fingerprint density at radius 2 is 2.13 bits per heavy atom. The van der Waals surface area contributed by atoms with Crippen molar-refractivity contribution in [3.8, 4) is 0 Å². The molecule has 0 aromatic heterocycles. The van der Waals surface area contributed by atoms with E-state index in [0.29, 0.717) is 12.8 Å². The van der Waals surface area contributed by atoms with Crippen LogP contribution in [0.3, 0.4) is 0 Å². The van der Waals surface area contributed by atoms with Crippen LogP contribution in [0.25, 0.3) is 0 Å². The molecular weight excluding hydrogens is 210 g/mol. The summed E-state index contributed by atoms with van der Waals surface area (Å²) in [5.41, 5.74) is 1.03. The molecule has 86 valence electrons. The zero-order valence-electron chi connectivity index (χ0n) is 9.25. The van der Waals surface area contributed by atoms with E-state index in [1.807, 2.05) is 13.1 Å². The lowest BCUT2D eigenvalue weighted by Crippen LogP contribution is -2.41. The van der Waals surface area contributed by atoms with E-state index < -0.39 is 5.41 Å². The van der Waals surface area contributed by atoms with E-state index in [1.54, 1.807) is 11.1 Å². The molecule has 0 bridgehead atoms. The third-order valence-electron chi connectivity index (χ3n) is 2.88. The summed E-state index contributed by atoms with van der Waals surface area (Å²) in [7, 11) is 2.30. The predicted molar refractivity (Wildman–Crippen MR) is 65.8 cm³/mol. The third-order valence-corrected chi connectivity index (χ3v) is 3.46. The first kappa shape index (κ1) is 12.7. The van der Waals surface area contributed by atoms with E-state index in [4.69, 9.17) is 5.84 Å². The summed E-state index contributed by atoms with van der Waals surface area (Å²) in [6, 6.07) is 0.254. The van der Waals surface area contributed by atoms with Crippen LogP contribution in [0.1, 0.15) is 32.6 Å². The number of hydrazine groups is 1. The summed E-state index contributed by atoms with van der Waals surface area (Å²) >= 11 is 0. The van der Waals surface area contributed by atoms with Crippen molar-refractivity contribution < 1.29 is 4.39 Å². The molecule has 2 N–H and O–H groups in total. The molecule has 0 aliphatic heterocycles. The summed E-state index contributed by atoms with van der Waals surface area (Å²) in [5, 5.41) is 0.617. The van der Waals surface area contributed by atoms with Crippen molar-refractivity contribution in [2.75, 3.05) is 0 Å². The van der Waals surface area contributed by atoms with Gasteiger partial charge in [0.2, 0.25) is 0 Å². The van der Waals surface area contributed by atoms with Crippen molar-refractivity contribution in [1.29, 1.82) is 0 Å². The molecule has 1 unspecified atom stereocenters. The van der Waals surface area contributed by atoms with E-state index in [-0.39, 0.29) is 6.04 Å². The second-order valence-electron chi connectivity index (χ2n) is 4.29. The quantitative estimate of drug-likeness (QED) is 0.349. The smallest absolute Gasteiger partial charge is 0.124 e. The lowest BCUT2D eigenvalue weighted by atomic mass is 9.93. The zero-order valence-corrected chi connectivity index (χ0v) is 10.4. The fourth-order valence-corrected chi connectivity index (χ4v) is 2.11. The van der Waals surface area contributed by atoms with Crippen LogP contribution in [0, 0.1) is 0 Å². The fourth-order valence-electron chi connectivity index (χ4n) is 1.77. The molecule has 1 saturated carbocycles. The van der Waals surface area contributed by atoms with Crippen LogP contribution in [-0.4, -0.2) is 16.5 Å². The topological polar surface area (TPSA) is 29.3 Å². The normalized spacial score (nSPS) is 32.5. The molecule has 1 fully saturated rings. The van der Waals surface area contributed by atoms with Crippen LogP contribution in [0.15, 0.2) is 24.4 Å². The van der Waals surface area contributed by atoms with Crippen LogP contribution in [-0.2, 0) is 0 Å². The second kappa shape index (κ2) is 5.09. The Labute approximate surface area is 93.6 Å². The van der Waals surface area contributed by atoms with Gasteiger partial charge in [0.1, 0.15) is 5.41 Å². The average molecular weight is 230 g/mol. The lowest BCUT2D eigenvalue weighted by molar-refractivity contribution is 0.137. The Hall–Kier alpha value is -0.400. The molecule has 0 heterocycles. The van der Waals surface area contributed by atoms with Gasteiger partial charge in [0, 0.05) is 12.2 Å². The first-order valence-electron chi connectivity index (χ1n) is 5.26. The maximum Gasteiger partial charge on any atom is 0.124 e. The number of alkyl halides is 1. The summed E-state index contributed by atoms with van der Waals surface area (Å²) in [6.07, 6.45) is 6.37. The molecule has 1 atom stereocenters. The van der Waals surface area contributed by atoms with E-state index in [0.717, 1.165) is 18.4 Å². The first-order chi connectivity index (χ1) is 6.94. The van der Waals surface area contributed by atoms with E-state index in [9.17, 15) is 4.39 Å². The van der Waals surface area contributed by atoms with E-state index in [1.165, 1.54) is 0 Å². The van der Waals surface area contributed by atoms with Crippen LogP contribution in [0.5, 0.6) is 0 Å². The molecule has 0 saturated heterocycles. The number of rotatable bonds is 3. The minimum atomic E-state index is -1.07. The zero-order chi connectivity index (χ0) is 11.5. The van der Waals surface area contributed by atoms with Crippen molar-refractivity contribution in [2.24, 2.45) is 5.84 Å². The molecule has 15 heavy (non-hydrogen) atoms. The fraction of sp³-hybridized carbons (Fsp3) is 0.636. The number of nitrogens with zero attached hydrogens (tertiary/aromatic N) is 1. The second-order valence-corrected chi connectivity index (χ2v) is 5.32. The maximum atomic E-state index is 13.5. The highest BCUT2D eigenvalue weighted by Crippen LogP contribution is 2.38. The Balaban J connectivity index is 2.50. The largest absolute Gasteiger partial charge is 0.315 e. The van der Waals surface area contributed by atoms with Crippen LogP contribution in [0.4, 0.5) is 4.39 Å². The van der Waals surface area contributed by atoms with Gasteiger partial charge in [0.25, 0.3) is 0 Å². The molecule has 2 nitrogen and oxygen atoms in total. The van der Waals surface area contributed by atoms with Gasteiger partial charge in [0.15, 0.2) is 0 Å². The molecule has 1 rings (SSSR count). The van der Waals surface area contributed by atoms with Gasteiger partial charge in [0.05, 0.1) is 0 Å². The number of allylic oxidation sites excluding steroid dienone is 2. The molecule has 0 amide bonds. The summed E-state index contributed by atoms with van der Waals surface area (Å²) in [6.45, 7) is 5.62. The number of halogens is 1. The number of hydrogen-bond acceptors (Lipinski definition) is 2. The van der Waals surface area contributed by atoms with Crippen molar-refractivity contribution in [3.63, 3.8) is 0 Å². The van der Waals surface area contributed by atoms with Crippen LogP contribution >= 0.6 is 9.24 Å². The predicted octanol–water partition coefficient (Wildman–Crippen LogP) is 2.74. The van der Waals surface area contributed by atoms with Gasteiger partial charge in [-0.2, -0.15) is 0 Å².